The molecule has 0 aliphatic carbocycles. The molecular formula is C13H15FO3. The molecule has 0 aromatic heterocycles. The molecule has 1 aliphatic heterocycles. The monoisotopic (exact) mass is 238 g/mol. The van der Waals surface area contributed by atoms with Crippen LogP contribution in [0.25, 0.3) is 0 Å². The first-order valence-electron chi connectivity index (χ1n) is 5.63. The Morgan fingerprint density at radius 2 is 2.29 bits per heavy atom. The molecular weight excluding hydrogens is 223 g/mol. The molecule has 1 heterocycles. The van der Waals surface area contributed by atoms with Gasteiger partial charge in [0.25, 0.3) is 0 Å². The average Bonchev–Trinajstić information content (AvgIpc) is 2.74. The van der Waals surface area contributed by atoms with Gasteiger partial charge in [0, 0.05) is 6.61 Å². The Kier molecular flexibility index (Phi) is 3.43. The van der Waals surface area contributed by atoms with Crippen molar-refractivity contribution >= 4 is 5.78 Å². The molecule has 92 valence electrons. The highest BCUT2D eigenvalue weighted by Crippen LogP contribution is 2.28. The minimum absolute atomic E-state index is 0.162. The minimum Gasteiger partial charge on any atom is -0.496 e. The number of ketones is 1. The van der Waals surface area contributed by atoms with Crippen LogP contribution in [-0.4, -0.2) is 25.6 Å². The normalized spacial score (nSPS) is 23.7. The van der Waals surface area contributed by atoms with Gasteiger partial charge in [-0.1, -0.05) is 6.92 Å². The Labute approximate surface area is 99.5 Å². The summed E-state index contributed by atoms with van der Waals surface area (Å²) in [6, 6.07) is 3.94. The number of hydrogen-bond donors (Lipinski definition) is 0. The van der Waals surface area contributed by atoms with Gasteiger partial charge in [-0.05, 0) is 30.5 Å². The number of benzene rings is 1. The molecule has 0 amide bonds. The van der Waals surface area contributed by atoms with Crippen LogP contribution in [0, 0.1) is 11.7 Å². The van der Waals surface area contributed by atoms with E-state index >= 15 is 0 Å². The van der Waals surface area contributed by atoms with Gasteiger partial charge in [-0.2, -0.15) is 0 Å². The van der Waals surface area contributed by atoms with Crippen LogP contribution in [-0.2, 0) is 4.74 Å². The van der Waals surface area contributed by atoms with Gasteiger partial charge in [0.2, 0.25) is 0 Å². The van der Waals surface area contributed by atoms with Gasteiger partial charge in [0.15, 0.2) is 5.78 Å². The second-order valence-corrected chi connectivity index (χ2v) is 4.27. The van der Waals surface area contributed by atoms with Crippen LogP contribution in [0.3, 0.4) is 0 Å². The summed E-state index contributed by atoms with van der Waals surface area (Å²) in [5.74, 6) is -0.0966. The molecule has 1 aliphatic rings. The van der Waals surface area contributed by atoms with E-state index in [4.69, 9.17) is 9.47 Å². The maximum atomic E-state index is 13.2. The van der Waals surface area contributed by atoms with Crippen LogP contribution in [0.2, 0.25) is 0 Å². The number of methoxy groups -OCH3 is 1. The van der Waals surface area contributed by atoms with Crippen molar-refractivity contribution in [2.45, 2.75) is 19.4 Å². The lowest BCUT2D eigenvalue weighted by molar-refractivity contribution is 0.0576. The van der Waals surface area contributed by atoms with Gasteiger partial charge in [0.05, 0.1) is 12.7 Å². The number of carbonyl (C=O) groups is 1. The summed E-state index contributed by atoms with van der Waals surface area (Å²) in [6.07, 6.45) is 0.374. The molecule has 2 rings (SSSR count). The highest BCUT2D eigenvalue weighted by atomic mass is 19.1. The van der Waals surface area contributed by atoms with E-state index in [1.165, 1.54) is 25.3 Å². The van der Waals surface area contributed by atoms with E-state index in [2.05, 4.69) is 0 Å². The number of halogens is 1. The third kappa shape index (κ3) is 2.31. The Bertz CT molecular complexity index is 431. The van der Waals surface area contributed by atoms with Crippen LogP contribution in [0.4, 0.5) is 4.39 Å². The van der Waals surface area contributed by atoms with Crippen molar-refractivity contribution in [1.82, 2.24) is 0 Å². The zero-order valence-corrected chi connectivity index (χ0v) is 9.90. The van der Waals surface area contributed by atoms with Gasteiger partial charge < -0.3 is 9.47 Å². The Morgan fingerprint density at radius 1 is 1.53 bits per heavy atom. The molecule has 0 bridgehead atoms. The Hall–Kier alpha value is -1.42. The van der Waals surface area contributed by atoms with Gasteiger partial charge in [0.1, 0.15) is 17.7 Å². The van der Waals surface area contributed by atoms with Gasteiger partial charge in [-0.3, -0.25) is 4.79 Å². The zero-order chi connectivity index (χ0) is 12.4. The van der Waals surface area contributed by atoms with Crippen molar-refractivity contribution < 1.29 is 18.7 Å². The lowest BCUT2D eigenvalue weighted by atomic mass is 9.95. The highest BCUT2D eigenvalue weighted by molar-refractivity contribution is 6.02. The lowest BCUT2D eigenvalue weighted by Crippen LogP contribution is -2.25. The van der Waals surface area contributed by atoms with Crippen LogP contribution in [0.15, 0.2) is 18.2 Å². The quantitative estimate of drug-likeness (QED) is 0.759. The van der Waals surface area contributed by atoms with Crippen molar-refractivity contribution in [3.63, 3.8) is 0 Å². The number of hydrogen-bond acceptors (Lipinski definition) is 3. The lowest BCUT2D eigenvalue weighted by Gasteiger charge is -2.15. The van der Waals surface area contributed by atoms with Crippen molar-refractivity contribution in [1.29, 1.82) is 0 Å². The van der Waals surface area contributed by atoms with Crippen LogP contribution >= 0.6 is 0 Å². The third-order valence-electron chi connectivity index (χ3n) is 3.07. The summed E-state index contributed by atoms with van der Waals surface area (Å²) < 4.78 is 23.6. The van der Waals surface area contributed by atoms with Crippen LogP contribution in [0.5, 0.6) is 5.75 Å². The molecule has 3 nitrogen and oxygen atoms in total. The van der Waals surface area contributed by atoms with E-state index < -0.39 is 11.9 Å². The molecule has 0 N–H and O–H groups in total. The van der Waals surface area contributed by atoms with Gasteiger partial charge in [-0.15, -0.1) is 0 Å². The molecule has 1 saturated heterocycles. The fourth-order valence-corrected chi connectivity index (χ4v) is 2.06. The van der Waals surface area contributed by atoms with Crippen molar-refractivity contribution in [2.75, 3.05) is 13.7 Å². The molecule has 1 aromatic carbocycles. The maximum absolute atomic E-state index is 13.2. The topological polar surface area (TPSA) is 35.5 Å². The average molecular weight is 238 g/mol. The molecule has 2 unspecified atom stereocenters. The summed E-state index contributed by atoms with van der Waals surface area (Å²) in [4.78, 5) is 12.2. The molecule has 1 aromatic rings. The maximum Gasteiger partial charge on any atom is 0.195 e. The molecule has 0 radical (unpaired) electrons. The van der Waals surface area contributed by atoms with Crippen molar-refractivity contribution in [2.24, 2.45) is 5.92 Å². The third-order valence-corrected chi connectivity index (χ3v) is 3.07. The first-order chi connectivity index (χ1) is 8.13. The first-order valence-corrected chi connectivity index (χ1v) is 5.63. The van der Waals surface area contributed by atoms with E-state index in [9.17, 15) is 9.18 Å². The van der Waals surface area contributed by atoms with E-state index in [1.54, 1.807) is 0 Å². The fourth-order valence-electron chi connectivity index (χ4n) is 2.06. The van der Waals surface area contributed by atoms with Crippen molar-refractivity contribution in [3.05, 3.63) is 29.6 Å². The largest absolute Gasteiger partial charge is 0.496 e. The SMILES string of the molecule is COc1ccc(F)cc1C(=O)C1OCCC1C. The van der Waals surface area contributed by atoms with Gasteiger partial charge in [-0.25, -0.2) is 4.39 Å². The summed E-state index contributed by atoms with van der Waals surface area (Å²) in [6.45, 7) is 2.54. The van der Waals surface area contributed by atoms with Crippen LogP contribution in [0.1, 0.15) is 23.7 Å². The summed E-state index contributed by atoms with van der Waals surface area (Å²) in [5, 5.41) is 0. The standard InChI is InChI=1S/C13H15FO3/c1-8-5-6-17-13(8)12(15)10-7-9(14)3-4-11(10)16-2/h3-4,7-8,13H,5-6H2,1-2H3. The van der Waals surface area contributed by atoms with Crippen molar-refractivity contribution in [3.8, 4) is 5.75 Å². The summed E-state index contributed by atoms with van der Waals surface area (Å²) in [5.41, 5.74) is 0.256. The Balaban J connectivity index is 2.32. The Morgan fingerprint density at radius 3 is 2.88 bits per heavy atom. The molecule has 0 saturated carbocycles. The second kappa shape index (κ2) is 4.84. The molecule has 0 spiro atoms. The van der Waals surface area contributed by atoms with E-state index in [1.807, 2.05) is 6.92 Å². The predicted molar refractivity (Wildman–Crippen MR) is 60.8 cm³/mol. The zero-order valence-electron chi connectivity index (χ0n) is 9.90. The van der Waals surface area contributed by atoms with E-state index in [0.717, 1.165) is 6.42 Å². The molecule has 2 atom stereocenters. The van der Waals surface area contributed by atoms with E-state index in [-0.39, 0.29) is 17.3 Å². The second-order valence-electron chi connectivity index (χ2n) is 4.27. The smallest absolute Gasteiger partial charge is 0.195 e. The number of ether oxygens (including phenoxy) is 2. The van der Waals surface area contributed by atoms with Gasteiger partial charge >= 0.3 is 0 Å². The molecule has 1 fully saturated rings. The molecule has 4 heteroatoms. The predicted octanol–water partition coefficient (Wildman–Crippen LogP) is 2.44. The highest BCUT2D eigenvalue weighted by Gasteiger charge is 2.33. The number of Topliss-reactive ketones (excluding diaryl/α,β-unsaturated/α-hetero) is 1. The fraction of sp³-hybridized carbons (Fsp3) is 0.462. The minimum atomic E-state index is -0.481. The summed E-state index contributed by atoms with van der Waals surface area (Å²) >= 11 is 0. The van der Waals surface area contributed by atoms with Crippen LogP contribution < -0.4 is 4.74 Å². The summed E-state index contributed by atoms with van der Waals surface area (Å²) in [7, 11) is 1.46. The first kappa shape index (κ1) is 12.0. The number of carbonyl (C=O) groups excluding carboxylic acids is 1. The van der Waals surface area contributed by atoms with E-state index in [0.29, 0.717) is 12.4 Å². The number of rotatable bonds is 3. The molecule has 17 heavy (non-hydrogen) atoms.